The maximum atomic E-state index is 12.5. The highest BCUT2D eigenvalue weighted by molar-refractivity contribution is 5.93. The standard InChI is InChI=1S/C20H30N2O3/c1-14-5-10-18(15(2)13-14)22-20(24)17-8-6-16(7-9-17)19(23)21-11-4-12-25-3/h5,10,13,16-17H,4,6-9,11-12H2,1-3H3,(H,21,23)(H,22,24). The Hall–Kier alpha value is -1.88. The molecular weight excluding hydrogens is 316 g/mol. The van der Waals surface area contributed by atoms with E-state index in [1.165, 1.54) is 5.56 Å². The van der Waals surface area contributed by atoms with Gasteiger partial charge in [-0.15, -0.1) is 0 Å². The van der Waals surface area contributed by atoms with Crippen LogP contribution in [0.3, 0.4) is 0 Å². The summed E-state index contributed by atoms with van der Waals surface area (Å²) in [7, 11) is 1.66. The molecule has 1 aromatic rings. The maximum absolute atomic E-state index is 12.5. The van der Waals surface area contributed by atoms with Crippen LogP contribution in [0.15, 0.2) is 18.2 Å². The van der Waals surface area contributed by atoms with Gasteiger partial charge in [-0.3, -0.25) is 9.59 Å². The smallest absolute Gasteiger partial charge is 0.227 e. The van der Waals surface area contributed by atoms with E-state index >= 15 is 0 Å². The number of benzene rings is 1. The van der Waals surface area contributed by atoms with Crippen molar-refractivity contribution in [1.82, 2.24) is 5.32 Å². The van der Waals surface area contributed by atoms with Crippen LogP contribution in [0.2, 0.25) is 0 Å². The number of methoxy groups -OCH3 is 1. The van der Waals surface area contributed by atoms with Gasteiger partial charge in [0, 0.05) is 37.8 Å². The Morgan fingerprint density at radius 2 is 1.72 bits per heavy atom. The molecule has 0 saturated heterocycles. The highest BCUT2D eigenvalue weighted by atomic mass is 16.5. The number of aryl methyl sites for hydroxylation is 2. The first-order valence-corrected chi connectivity index (χ1v) is 9.16. The molecule has 0 radical (unpaired) electrons. The van der Waals surface area contributed by atoms with Gasteiger partial charge in [-0.1, -0.05) is 17.7 Å². The van der Waals surface area contributed by atoms with Crippen molar-refractivity contribution in [3.8, 4) is 0 Å². The van der Waals surface area contributed by atoms with Gasteiger partial charge in [0.1, 0.15) is 0 Å². The lowest BCUT2D eigenvalue weighted by Gasteiger charge is -2.27. The molecule has 0 aliphatic heterocycles. The summed E-state index contributed by atoms with van der Waals surface area (Å²) in [6.45, 7) is 5.36. The Morgan fingerprint density at radius 1 is 1.08 bits per heavy atom. The molecule has 1 aromatic carbocycles. The van der Waals surface area contributed by atoms with E-state index in [0.29, 0.717) is 13.2 Å². The summed E-state index contributed by atoms with van der Waals surface area (Å²) in [4.78, 5) is 24.7. The largest absolute Gasteiger partial charge is 0.385 e. The van der Waals surface area contributed by atoms with Gasteiger partial charge in [0.2, 0.25) is 11.8 Å². The van der Waals surface area contributed by atoms with Crippen molar-refractivity contribution in [3.63, 3.8) is 0 Å². The Bertz CT molecular complexity index is 593. The van der Waals surface area contributed by atoms with E-state index in [4.69, 9.17) is 4.74 Å². The molecule has 5 heteroatoms. The van der Waals surface area contributed by atoms with Crippen LogP contribution in [-0.2, 0) is 14.3 Å². The second-order valence-electron chi connectivity index (χ2n) is 6.99. The van der Waals surface area contributed by atoms with E-state index in [9.17, 15) is 9.59 Å². The van der Waals surface area contributed by atoms with Crippen molar-refractivity contribution in [2.24, 2.45) is 11.8 Å². The zero-order valence-electron chi connectivity index (χ0n) is 15.6. The van der Waals surface area contributed by atoms with Crippen molar-refractivity contribution >= 4 is 17.5 Å². The summed E-state index contributed by atoms with van der Waals surface area (Å²) >= 11 is 0. The third-order valence-electron chi connectivity index (χ3n) is 4.93. The van der Waals surface area contributed by atoms with Gasteiger partial charge >= 0.3 is 0 Å². The van der Waals surface area contributed by atoms with Gasteiger partial charge in [0.15, 0.2) is 0 Å². The van der Waals surface area contributed by atoms with E-state index in [1.54, 1.807) is 7.11 Å². The lowest BCUT2D eigenvalue weighted by Crippen LogP contribution is -2.36. The van der Waals surface area contributed by atoms with E-state index in [0.717, 1.165) is 43.4 Å². The van der Waals surface area contributed by atoms with Gasteiger partial charge in [-0.25, -0.2) is 0 Å². The first-order chi connectivity index (χ1) is 12.0. The molecule has 2 N–H and O–H groups in total. The molecule has 25 heavy (non-hydrogen) atoms. The van der Waals surface area contributed by atoms with Crippen LogP contribution in [0.5, 0.6) is 0 Å². The topological polar surface area (TPSA) is 67.4 Å². The number of hydrogen-bond donors (Lipinski definition) is 2. The number of hydrogen-bond acceptors (Lipinski definition) is 3. The zero-order chi connectivity index (χ0) is 18.2. The quantitative estimate of drug-likeness (QED) is 0.745. The average Bonchev–Trinajstić information content (AvgIpc) is 2.61. The van der Waals surface area contributed by atoms with E-state index in [2.05, 4.69) is 16.7 Å². The number of rotatable bonds is 7. The molecule has 2 amide bonds. The third kappa shape index (κ3) is 5.85. The molecule has 0 bridgehead atoms. The fraction of sp³-hybridized carbons (Fsp3) is 0.600. The second-order valence-corrected chi connectivity index (χ2v) is 6.99. The lowest BCUT2D eigenvalue weighted by atomic mass is 9.81. The Balaban J connectivity index is 1.77. The minimum atomic E-state index is -0.00163. The number of nitrogens with one attached hydrogen (secondary N) is 2. The molecule has 1 aliphatic rings. The number of carbonyl (C=O) groups is 2. The molecule has 1 fully saturated rings. The van der Waals surface area contributed by atoms with Crippen LogP contribution in [0, 0.1) is 25.7 Å². The monoisotopic (exact) mass is 346 g/mol. The Morgan fingerprint density at radius 3 is 2.32 bits per heavy atom. The van der Waals surface area contributed by atoms with Crippen molar-refractivity contribution in [3.05, 3.63) is 29.3 Å². The average molecular weight is 346 g/mol. The van der Waals surface area contributed by atoms with Crippen LogP contribution >= 0.6 is 0 Å². The van der Waals surface area contributed by atoms with Gasteiger partial charge in [-0.2, -0.15) is 0 Å². The van der Waals surface area contributed by atoms with Gasteiger partial charge < -0.3 is 15.4 Å². The molecule has 0 unspecified atom stereocenters. The molecule has 2 rings (SSSR count). The van der Waals surface area contributed by atoms with Crippen molar-refractivity contribution in [1.29, 1.82) is 0 Å². The first kappa shape index (κ1) is 19.4. The predicted molar refractivity (Wildman–Crippen MR) is 99.5 cm³/mol. The van der Waals surface area contributed by atoms with Crippen molar-refractivity contribution < 1.29 is 14.3 Å². The maximum Gasteiger partial charge on any atom is 0.227 e. The molecule has 0 aromatic heterocycles. The summed E-state index contributed by atoms with van der Waals surface area (Å²) < 4.78 is 4.98. The summed E-state index contributed by atoms with van der Waals surface area (Å²) in [6.07, 6.45) is 3.93. The molecule has 1 saturated carbocycles. The van der Waals surface area contributed by atoms with Crippen molar-refractivity contribution in [2.75, 3.05) is 25.6 Å². The van der Waals surface area contributed by atoms with E-state index < -0.39 is 0 Å². The zero-order valence-corrected chi connectivity index (χ0v) is 15.6. The predicted octanol–water partition coefficient (Wildman–Crippen LogP) is 3.20. The number of ether oxygens (including phenoxy) is 1. The van der Waals surface area contributed by atoms with Crippen LogP contribution in [-0.4, -0.2) is 32.1 Å². The summed E-state index contributed by atoms with van der Waals surface area (Å²) in [5, 5.41) is 6.01. The first-order valence-electron chi connectivity index (χ1n) is 9.16. The van der Waals surface area contributed by atoms with Crippen LogP contribution < -0.4 is 10.6 Å². The van der Waals surface area contributed by atoms with Crippen LogP contribution in [0.4, 0.5) is 5.69 Å². The van der Waals surface area contributed by atoms with Crippen LogP contribution in [0.1, 0.15) is 43.2 Å². The Kier molecular flexibility index (Phi) is 7.44. The highest BCUT2D eigenvalue weighted by Crippen LogP contribution is 2.30. The number of carbonyl (C=O) groups excluding carboxylic acids is 2. The minimum Gasteiger partial charge on any atom is -0.385 e. The third-order valence-corrected chi connectivity index (χ3v) is 4.93. The van der Waals surface area contributed by atoms with Crippen molar-refractivity contribution in [2.45, 2.75) is 46.0 Å². The fourth-order valence-corrected chi connectivity index (χ4v) is 3.38. The van der Waals surface area contributed by atoms with Gasteiger partial charge in [-0.05, 0) is 57.6 Å². The normalized spacial score (nSPS) is 20.1. The van der Waals surface area contributed by atoms with Gasteiger partial charge in [0.05, 0.1) is 0 Å². The number of amides is 2. The number of anilines is 1. The molecule has 138 valence electrons. The highest BCUT2D eigenvalue weighted by Gasteiger charge is 2.29. The Labute approximate surface area is 150 Å². The molecule has 5 nitrogen and oxygen atoms in total. The molecule has 0 heterocycles. The fourth-order valence-electron chi connectivity index (χ4n) is 3.38. The van der Waals surface area contributed by atoms with Gasteiger partial charge in [0.25, 0.3) is 0 Å². The second kappa shape index (κ2) is 9.56. The molecule has 0 atom stereocenters. The molecule has 1 aliphatic carbocycles. The lowest BCUT2D eigenvalue weighted by molar-refractivity contribution is -0.128. The SMILES string of the molecule is COCCCNC(=O)C1CCC(C(=O)Nc2ccc(C)cc2C)CC1. The molecule has 0 spiro atoms. The molecular formula is C20H30N2O3. The van der Waals surface area contributed by atoms with E-state index in [-0.39, 0.29) is 23.7 Å². The summed E-state index contributed by atoms with van der Waals surface area (Å²) in [6, 6.07) is 6.04. The van der Waals surface area contributed by atoms with Crippen LogP contribution in [0.25, 0.3) is 0 Å². The summed E-state index contributed by atoms with van der Waals surface area (Å²) in [5.41, 5.74) is 3.15. The van der Waals surface area contributed by atoms with E-state index in [1.807, 2.05) is 26.0 Å². The minimum absolute atomic E-state index is 0.00163. The summed E-state index contributed by atoms with van der Waals surface area (Å²) in [5.74, 6) is 0.223.